The van der Waals surface area contributed by atoms with Crippen LogP contribution in [0.25, 0.3) is 0 Å². The molecule has 2 amide bonds. The van der Waals surface area contributed by atoms with Crippen molar-refractivity contribution in [2.45, 2.75) is 5.56 Å². The number of ether oxygens (including phenoxy) is 3. The molecule has 1 aliphatic rings. The predicted octanol–water partition coefficient (Wildman–Crippen LogP) is 0.0533. The minimum absolute atomic E-state index is 0.141. The lowest BCUT2D eigenvalue weighted by molar-refractivity contribution is 0.112. The molecular weight excluding hydrogens is 344 g/mol. The van der Waals surface area contributed by atoms with E-state index in [1.54, 1.807) is 7.05 Å². The molecule has 0 bridgehead atoms. The summed E-state index contributed by atoms with van der Waals surface area (Å²) in [5.74, 6) is 0.104. The number of hydrogen-bond donors (Lipinski definition) is 1. The highest BCUT2D eigenvalue weighted by Gasteiger charge is 2.34. The average Bonchev–Trinajstić information content (AvgIpc) is 2.99. The van der Waals surface area contributed by atoms with Crippen LogP contribution in [-0.2, 0) is 14.8 Å². The summed E-state index contributed by atoms with van der Waals surface area (Å²) in [5, 5.41) is 5.27. The molecule has 1 fully saturated rings. The highest BCUT2D eigenvalue weighted by atomic mass is 32.2. The molecule has 0 aliphatic carbocycles. The number of urea groups is 1. The minimum Gasteiger partial charge on any atom is -0.481 e. The number of rotatable bonds is 5. The second-order valence-corrected chi connectivity index (χ2v) is 6.16. The first kappa shape index (κ1) is 18.0. The van der Waals surface area contributed by atoms with Crippen molar-refractivity contribution in [2.24, 2.45) is 9.63 Å². The third-order valence-electron chi connectivity index (χ3n) is 2.88. The first-order chi connectivity index (χ1) is 11.4. The zero-order valence-electron chi connectivity index (χ0n) is 13.2. The Morgan fingerprint density at radius 1 is 1.38 bits per heavy atom. The molecule has 1 saturated heterocycles. The molecule has 132 valence electrons. The summed E-state index contributed by atoms with van der Waals surface area (Å²) in [4.78, 5) is 20.8. The van der Waals surface area contributed by atoms with Gasteiger partial charge in [0, 0.05) is 6.54 Å². The maximum Gasteiger partial charge on any atom is 0.367 e. The number of amides is 2. The van der Waals surface area contributed by atoms with Crippen LogP contribution >= 0.6 is 0 Å². The van der Waals surface area contributed by atoms with Crippen LogP contribution in [0.15, 0.2) is 15.7 Å². The second-order valence-electron chi connectivity index (χ2n) is 4.56. The Morgan fingerprint density at radius 2 is 2.00 bits per heavy atom. The normalized spacial score (nSPS) is 18.7. The molecule has 0 saturated carbocycles. The molecule has 1 N–H and O–H groups in total. The Bertz CT molecular complexity index is 716. The van der Waals surface area contributed by atoms with Gasteiger partial charge < -0.3 is 14.2 Å². The Balaban J connectivity index is 2.07. The number of anilines is 1. The molecule has 0 spiro atoms. The van der Waals surface area contributed by atoms with Gasteiger partial charge in [-0.1, -0.05) is 9.63 Å². The number of methoxy groups -OCH3 is 2. The quantitative estimate of drug-likeness (QED) is 0.720. The molecule has 12 nitrogen and oxygen atoms in total. The lowest BCUT2D eigenvalue weighted by Crippen LogP contribution is -2.32. The molecule has 1 atom stereocenters. The van der Waals surface area contributed by atoms with Gasteiger partial charge in [0.1, 0.15) is 0 Å². The summed E-state index contributed by atoms with van der Waals surface area (Å²) in [6.45, 7) is 0.683. The number of carbonyl (C=O) groups is 1. The lowest BCUT2D eigenvalue weighted by Gasteiger charge is -2.13. The van der Waals surface area contributed by atoms with Crippen LogP contribution in [0.3, 0.4) is 0 Å². The van der Waals surface area contributed by atoms with E-state index in [2.05, 4.69) is 24.9 Å². The first-order valence-corrected chi connectivity index (χ1v) is 8.13. The van der Waals surface area contributed by atoms with Gasteiger partial charge in [0.05, 0.1) is 26.9 Å². The highest BCUT2D eigenvalue weighted by Crippen LogP contribution is 2.18. The number of aromatic nitrogens is 2. The van der Waals surface area contributed by atoms with Crippen molar-refractivity contribution >= 4 is 22.0 Å². The molecule has 2 heterocycles. The first-order valence-electron chi connectivity index (χ1n) is 6.62. The van der Waals surface area contributed by atoms with Crippen molar-refractivity contribution in [1.29, 1.82) is 0 Å². The van der Waals surface area contributed by atoms with Gasteiger partial charge in [-0.15, -0.1) is 0 Å². The number of likely N-dealkylation sites (N-methyl/N-ethyl adjacent to an activating group) is 1. The van der Waals surface area contributed by atoms with Crippen molar-refractivity contribution in [1.82, 2.24) is 14.9 Å². The van der Waals surface area contributed by atoms with E-state index in [0.717, 1.165) is 0 Å². The molecular formula is C11H16N6O6S. The van der Waals surface area contributed by atoms with Gasteiger partial charge in [0.15, 0.2) is 0 Å². The van der Waals surface area contributed by atoms with Gasteiger partial charge in [-0.3, -0.25) is 10.2 Å². The monoisotopic (exact) mass is 360 g/mol. The van der Waals surface area contributed by atoms with Crippen LogP contribution in [0.5, 0.6) is 11.8 Å². The number of nitrogens with zero attached hydrogens (tertiary/aromatic N) is 5. The number of hydrogen-bond acceptors (Lipinski definition) is 9. The van der Waals surface area contributed by atoms with Crippen molar-refractivity contribution < 1.29 is 27.4 Å². The largest absolute Gasteiger partial charge is 0.481 e. The minimum atomic E-state index is -4.11. The molecule has 1 unspecified atom stereocenters. The Hall–Kier alpha value is -2.38. The van der Waals surface area contributed by atoms with E-state index in [1.165, 1.54) is 25.2 Å². The molecule has 1 aromatic heterocycles. The fourth-order valence-corrected chi connectivity index (χ4v) is 2.86. The van der Waals surface area contributed by atoms with Crippen LogP contribution < -0.4 is 14.8 Å². The summed E-state index contributed by atoms with van der Waals surface area (Å²) < 4.78 is 41.8. The maximum atomic E-state index is 11.9. The summed E-state index contributed by atoms with van der Waals surface area (Å²) >= 11 is 0. The lowest BCUT2D eigenvalue weighted by atomic mass is 10.6. The Labute approximate surface area is 137 Å². The zero-order valence-corrected chi connectivity index (χ0v) is 14.0. The zero-order chi connectivity index (χ0) is 17.7. The van der Waals surface area contributed by atoms with E-state index in [1.807, 2.05) is 0 Å². The van der Waals surface area contributed by atoms with Crippen LogP contribution in [0, 0.1) is 0 Å². The van der Waals surface area contributed by atoms with Gasteiger partial charge in [-0.2, -0.15) is 18.4 Å². The SMILES string of the molecule is COc1cc(OC)nc(NC(=O)N=NS(=O)(=O)C2OCCN2C)n1. The average molecular weight is 360 g/mol. The fraction of sp³-hybridized carbons (Fsp3) is 0.545. The third-order valence-corrected chi connectivity index (χ3v) is 4.20. The summed E-state index contributed by atoms with van der Waals surface area (Å²) in [6, 6.07) is 0.323. The van der Waals surface area contributed by atoms with Crippen LogP contribution in [0.1, 0.15) is 0 Å². The standard InChI is InChI=1S/C11H16N6O6S/c1-17-4-5-23-11(17)24(19,20)16-15-10(18)14-9-12-7(21-2)6-8(13-9)22-3/h6,11H,4-5H2,1-3H3,(H,12,13,14,18). The number of sulfonamides is 1. The van der Waals surface area contributed by atoms with E-state index >= 15 is 0 Å². The van der Waals surface area contributed by atoms with Crippen LogP contribution in [-0.4, -0.2) is 69.3 Å². The maximum absolute atomic E-state index is 11.9. The van der Waals surface area contributed by atoms with Crippen LogP contribution in [0.4, 0.5) is 10.7 Å². The van der Waals surface area contributed by atoms with Crippen LogP contribution in [0.2, 0.25) is 0 Å². The van der Waals surface area contributed by atoms with Gasteiger partial charge in [-0.05, 0) is 7.05 Å². The van der Waals surface area contributed by atoms with E-state index < -0.39 is 21.6 Å². The number of nitrogens with one attached hydrogen (secondary N) is 1. The van der Waals surface area contributed by atoms with E-state index in [0.29, 0.717) is 6.54 Å². The molecule has 1 aromatic rings. The van der Waals surface area contributed by atoms with Gasteiger partial charge in [0.25, 0.3) is 0 Å². The predicted molar refractivity (Wildman–Crippen MR) is 80.3 cm³/mol. The summed E-state index contributed by atoms with van der Waals surface area (Å²) in [6.07, 6.45) is 0. The van der Waals surface area contributed by atoms with Crippen molar-refractivity contribution in [2.75, 3.05) is 39.7 Å². The molecule has 0 radical (unpaired) electrons. The Kier molecular flexibility index (Phi) is 5.58. The molecule has 2 rings (SSSR count). The molecule has 24 heavy (non-hydrogen) atoms. The molecule has 13 heteroatoms. The smallest absolute Gasteiger partial charge is 0.367 e. The number of carbonyl (C=O) groups excluding carboxylic acids is 1. The fourth-order valence-electron chi connectivity index (χ4n) is 1.77. The highest BCUT2D eigenvalue weighted by molar-refractivity contribution is 7.90. The van der Waals surface area contributed by atoms with Gasteiger partial charge in [-0.25, -0.2) is 4.79 Å². The van der Waals surface area contributed by atoms with E-state index in [-0.39, 0.29) is 24.3 Å². The van der Waals surface area contributed by atoms with Gasteiger partial charge in [0.2, 0.25) is 23.3 Å². The topological polar surface area (TPSA) is 145 Å². The van der Waals surface area contributed by atoms with Gasteiger partial charge >= 0.3 is 16.1 Å². The van der Waals surface area contributed by atoms with Crippen molar-refractivity contribution in [3.63, 3.8) is 0 Å². The third kappa shape index (κ3) is 4.33. The summed E-state index contributed by atoms with van der Waals surface area (Å²) in [7, 11) is 0.191. The van der Waals surface area contributed by atoms with E-state index in [4.69, 9.17) is 14.2 Å². The molecule has 0 aromatic carbocycles. The summed E-state index contributed by atoms with van der Waals surface area (Å²) in [5.41, 5.74) is -1.26. The van der Waals surface area contributed by atoms with Crippen molar-refractivity contribution in [3.8, 4) is 11.8 Å². The molecule has 1 aliphatic heterocycles. The van der Waals surface area contributed by atoms with Crippen molar-refractivity contribution in [3.05, 3.63) is 6.07 Å². The second kappa shape index (κ2) is 7.46. The Morgan fingerprint density at radius 3 is 2.50 bits per heavy atom. The van der Waals surface area contributed by atoms with E-state index in [9.17, 15) is 13.2 Å².